The van der Waals surface area contributed by atoms with Gasteiger partial charge >= 0.3 is 0 Å². The summed E-state index contributed by atoms with van der Waals surface area (Å²) in [6, 6.07) is 14.3. The molecule has 0 fully saturated rings. The second kappa shape index (κ2) is 10.8. The lowest BCUT2D eigenvalue weighted by molar-refractivity contribution is -0.121. The number of carbonyl (C=O) groups excluding carboxylic acids is 2. The van der Waals surface area contributed by atoms with Gasteiger partial charge in [-0.05, 0) is 36.8 Å². The summed E-state index contributed by atoms with van der Waals surface area (Å²) in [4.78, 5) is 23.6. The summed E-state index contributed by atoms with van der Waals surface area (Å²) in [5.41, 5.74) is 0.600. The van der Waals surface area contributed by atoms with Gasteiger partial charge in [0.2, 0.25) is 5.91 Å². The van der Waals surface area contributed by atoms with Crippen molar-refractivity contribution in [3.63, 3.8) is 0 Å². The third kappa shape index (κ3) is 7.06. The van der Waals surface area contributed by atoms with Crippen LogP contribution in [0.2, 0.25) is 5.02 Å². The number of hydrogen-bond donors (Lipinski definition) is 2. The molecule has 0 saturated carbocycles. The Bertz CT molecular complexity index is 741. The van der Waals surface area contributed by atoms with Crippen molar-refractivity contribution in [1.82, 2.24) is 10.6 Å². The number of nitrogens with one attached hydrogen (secondary N) is 2. The van der Waals surface area contributed by atoms with Crippen LogP contribution in [0.1, 0.15) is 23.2 Å². The minimum absolute atomic E-state index is 0.0792. The molecule has 2 rings (SSSR count). The van der Waals surface area contributed by atoms with E-state index in [0.29, 0.717) is 48.9 Å². The van der Waals surface area contributed by atoms with Crippen LogP contribution in [0.4, 0.5) is 0 Å². The highest BCUT2D eigenvalue weighted by Gasteiger charge is 2.06. The standard InChI is InChI=1S/C19H20BrClN2O3/c20-15-8-9-17(16(21)13-15)26-12-4-7-18(24)22-10-11-23-19(25)14-5-2-1-3-6-14/h1-3,5-6,8-9,13H,4,7,10-12H2,(H,22,24)(H,23,25). The van der Waals surface area contributed by atoms with Gasteiger partial charge in [0.25, 0.3) is 5.91 Å². The van der Waals surface area contributed by atoms with E-state index in [0.717, 1.165) is 4.47 Å². The maximum atomic E-state index is 11.8. The molecule has 2 amide bonds. The quantitative estimate of drug-likeness (QED) is 0.584. The van der Waals surface area contributed by atoms with E-state index < -0.39 is 0 Å². The van der Waals surface area contributed by atoms with E-state index in [9.17, 15) is 9.59 Å². The molecule has 5 nitrogen and oxygen atoms in total. The second-order valence-corrected chi connectivity index (χ2v) is 6.82. The number of carbonyl (C=O) groups is 2. The van der Waals surface area contributed by atoms with Gasteiger partial charge in [-0.25, -0.2) is 0 Å². The zero-order valence-electron chi connectivity index (χ0n) is 14.1. The SMILES string of the molecule is O=C(CCCOc1ccc(Br)cc1Cl)NCCNC(=O)c1ccccc1. The average Bonchev–Trinajstić information content (AvgIpc) is 2.64. The van der Waals surface area contributed by atoms with E-state index in [4.69, 9.17) is 16.3 Å². The zero-order valence-corrected chi connectivity index (χ0v) is 16.5. The first kappa shape index (κ1) is 20.3. The topological polar surface area (TPSA) is 67.4 Å². The maximum absolute atomic E-state index is 11.8. The summed E-state index contributed by atoms with van der Waals surface area (Å²) in [6.45, 7) is 1.17. The summed E-state index contributed by atoms with van der Waals surface area (Å²) >= 11 is 9.39. The van der Waals surface area contributed by atoms with E-state index in [1.165, 1.54) is 0 Å². The molecule has 0 unspecified atom stereocenters. The van der Waals surface area contributed by atoms with Crippen molar-refractivity contribution < 1.29 is 14.3 Å². The van der Waals surface area contributed by atoms with E-state index in [1.54, 1.807) is 36.4 Å². The van der Waals surface area contributed by atoms with Crippen molar-refractivity contribution in [2.45, 2.75) is 12.8 Å². The van der Waals surface area contributed by atoms with E-state index in [-0.39, 0.29) is 11.8 Å². The molecule has 0 aliphatic heterocycles. The van der Waals surface area contributed by atoms with Crippen LogP contribution in [0.25, 0.3) is 0 Å². The lowest BCUT2D eigenvalue weighted by atomic mass is 10.2. The number of amides is 2. The Hall–Kier alpha value is -2.05. The summed E-state index contributed by atoms with van der Waals surface area (Å²) < 4.78 is 6.44. The normalized spacial score (nSPS) is 10.2. The number of rotatable bonds is 9. The predicted molar refractivity (Wildman–Crippen MR) is 106 cm³/mol. The van der Waals surface area contributed by atoms with Crippen LogP contribution in [0.5, 0.6) is 5.75 Å². The Balaban J connectivity index is 1.56. The van der Waals surface area contributed by atoms with Gasteiger partial charge in [-0.2, -0.15) is 0 Å². The summed E-state index contributed by atoms with van der Waals surface area (Å²) in [5.74, 6) is 0.364. The summed E-state index contributed by atoms with van der Waals surface area (Å²) in [5, 5.41) is 6.05. The highest BCUT2D eigenvalue weighted by molar-refractivity contribution is 9.10. The number of hydrogen-bond acceptors (Lipinski definition) is 3. The van der Waals surface area contributed by atoms with E-state index in [2.05, 4.69) is 26.6 Å². The van der Waals surface area contributed by atoms with Crippen molar-refractivity contribution in [1.29, 1.82) is 0 Å². The van der Waals surface area contributed by atoms with Gasteiger partial charge in [-0.1, -0.05) is 45.7 Å². The lowest BCUT2D eigenvalue weighted by Gasteiger charge is -2.09. The summed E-state index contributed by atoms with van der Waals surface area (Å²) in [7, 11) is 0. The maximum Gasteiger partial charge on any atom is 0.251 e. The molecule has 2 aromatic carbocycles. The minimum Gasteiger partial charge on any atom is -0.492 e. The highest BCUT2D eigenvalue weighted by atomic mass is 79.9. The van der Waals surface area contributed by atoms with E-state index >= 15 is 0 Å². The first-order valence-corrected chi connectivity index (χ1v) is 9.41. The highest BCUT2D eigenvalue weighted by Crippen LogP contribution is 2.27. The fourth-order valence-electron chi connectivity index (χ4n) is 2.17. The van der Waals surface area contributed by atoms with Gasteiger partial charge in [0.05, 0.1) is 11.6 Å². The molecule has 26 heavy (non-hydrogen) atoms. The van der Waals surface area contributed by atoms with E-state index in [1.807, 2.05) is 12.1 Å². The van der Waals surface area contributed by atoms with Crippen molar-refractivity contribution in [2.24, 2.45) is 0 Å². The number of halogens is 2. The van der Waals surface area contributed by atoms with Crippen LogP contribution in [0.15, 0.2) is 53.0 Å². The zero-order chi connectivity index (χ0) is 18.8. The largest absolute Gasteiger partial charge is 0.492 e. The average molecular weight is 440 g/mol. The third-order valence-corrected chi connectivity index (χ3v) is 4.26. The van der Waals surface area contributed by atoms with Gasteiger partial charge < -0.3 is 15.4 Å². The molecule has 2 aromatic rings. The Morgan fingerprint density at radius 1 is 1.04 bits per heavy atom. The van der Waals surface area contributed by atoms with Crippen LogP contribution in [-0.2, 0) is 4.79 Å². The molecule has 0 bridgehead atoms. The molecule has 0 saturated heterocycles. The molecule has 0 heterocycles. The van der Waals surface area contributed by atoms with Crippen molar-refractivity contribution in [3.8, 4) is 5.75 Å². The number of benzene rings is 2. The molecule has 0 spiro atoms. The Morgan fingerprint density at radius 2 is 1.77 bits per heavy atom. The van der Waals surface area contributed by atoms with Crippen molar-refractivity contribution >= 4 is 39.3 Å². The molecular weight excluding hydrogens is 420 g/mol. The monoisotopic (exact) mass is 438 g/mol. The van der Waals surface area contributed by atoms with Crippen LogP contribution in [0.3, 0.4) is 0 Å². The van der Waals surface area contributed by atoms with Crippen LogP contribution >= 0.6 is 27.5 Å². The number of ether oxygens (including phenoxy) is 1. The first-order valence-electron chi connectivity index (χ1n) is 8.24. The third-order valence-electron chi connectivity index (χ3n) is 3.47. The second-order valence-electron chi connectivity index (χ2n) is 5.50. The van der Waals surface area contributed by atoms with Crippen LogP contribution in [-0.4, -0.2) is 31.5 Å². The Kier molecular flexibility index (Phi) is 8.44. The molecule has 2 N–H and O–H groups in total. The molecule has 0 radical (unpaired) electrons. The Morgan fingerprint density at radius 3 is 2.50 bits per heavy atom. The van der Waals surface area contributed by atoms with Gasteiger partial charge in [0, 0.05) is 29.5 Å². The lowest BCUT2D eigenvalue weighted by Crippen LogP contribution is -2.34. The first-order chi connectivity index (χ1) is 12.6. The molecule has 0 atom stereocenters. The van der Waals surface area contributed by atoms with Crippen LogP contribution in [0, 0.1) is 0 Å². The molecular formula is C19H20BrClN2O3. The predicted octanol–water partition coefficient (Wildman–Crippen LogP) is 3.81. The van der Waals surface area contributed by atoms with Gasteiger partial charge in [-0.3, -0.25) is 9.59 Å². The minimum atomic E-state index is -0.153. The summed E-state index contributed by atoms with van der Waals surface area (Å²) in [6.07, 6.45) is 0.926. The fourth-order valence-corrected chi connectivity index (χ4v) is 2.89. The molecule has 0 aliphatic rings. The van der Waals surface area contributed by atoms with Gasteiger partial charge in [0.15, 0.2) is 0 Å². The van der Waals surface area contributed by atoms with Crippen LogP contribution < -0.4 is 15.4 Å². The molecule has 0 aliphatic carbocycles. The molecule has 7 heteroatoms. The molecule has 0 aromatic heterocycles. The van der Waals surface area contributed by atoms with Gasteiger partial charge in [0.1, 0.15) is 5.75 Å². The van der Waals surface area contributed by atoms with Crippen molar-refractivity contribution in [3.05, 3.63) is 63.6 Å². The molecule has 138 valence electrons. The smallest absolute Gasteiger partial charge is 0.251 e. The van der Waals surface area contributed by atoms with Crippen molar-refractivity contribution in [2.75, 3.05) is 19.7 Å². The Labute approximate surface area is 166 Å². The fraction of sp³-hybridized carbons (Fsp3) is 0.263. The van der Waals surface area contributed by atoms with Gasteiger partial charge in [-0.15, -0.1) is 0 Å².